The van der Waals surface area contributed by atoms with E-state index < -0.39 is 0 Å². The number of anilines is 1. The smallest absolute Gasteiger partial charge is 0.230 e. The zero-order valence-corrected chi connectivity index (χ0v) is 12.5. The first-order chi connectivity index (χ1) is 9.83. The molecule has 0 saturated carbocycles. The lowest BCUT2D eigenvalue weighted by Gasteiger charge is -2.26. The van der Waals surface area contributed by atoms with E-state index in [0.29, 0.717) is 41.0 Å². The van der Waals surface area contributed by atoms with Crippen LogP contribution in [0.3, 0.4) is 0 Å². The number of thioether (sulfide) groups is 2. The largest absolute Gasteiger partial charge is 0.378 e. The molecule has 2 rings (SSSR count). The summed E-state index contributed by atoms with van der Waals surface area (Å²) >= 11 is 2.85. The molecular formula is C13H14N4OS2. The first-order valence-electron chi connectivity index (χ1n) is 6.05. The van der Waals surface area contributed by atoms with Gasteiger partial charge >= 0.3 is 0 Å². The van der Waals surface area contributed by atoms with Gasteiger partial charge < -0.3 is 9.64 Å². The molecule has 0 spiro atoms. The van der Waals surface area contributed by atoms with Crippen LogP contribution in [0.2, 0.25) is 0 Å². The van der Waals surface area contributed by atoms with Gasteiger partial charge in [-0.3, -0.25) is 0 Å². The average molecular weight is 306 g/mol. The van der Waals surface area contributed by atoms with E-state index in [4.69, 9.17) is 17.6 Å². The van der Waals surface area contributed by atoms with Crippen LogP contribution in [-0.2, 0) is 4.74 Å². The van der Waals surface area contributed by atoms with Crippen molar-refractivity contribution in [1.29, 1.82) is 0 Å². The van der Waals surface area contributed by atoms with Crippen molar-refractivity contribution in [3.8, 4) is 24.7 Å². The Hall–Kier alpha value is -1.41. The van der Waals surface area contributed by atoms with Crippen LogP contribution in [0.1, 0.15) is 0 Å². The van der Waals surface area contributed by atoms with Gasteiger partial charge in [0.1, 0.15) is 0 Å². The molecule has 1 aromatic rings. The molecule has 1 saturated heterocycles. The molecule has 2 heterocycles. The number of hydrogen-bond acceptors (Lipinski definition) is 7. The third-order valence-corrected chi connectivity index (χ3v) is 3.95. The van der Waals surface area contributed by atoms with Gasteiger partial charge in [-0.05, 0) is 0 Å². The molecule has 1 aromatic heterocycles. The Morgan fingerprint density at radius 1 is 1.00 bits per heavy atom. The second-order valence-electron chi connectivity index (χ2n) is 3.79. The number of terminal acetylenes is 2. The molecule has 0 unspecified atom stereocenters. The van der Waals surface area contributed by atoms with Crippen LogP contribution >= 0.6 is 23.5 Å². The van der Waals surface area contributed by atoms with Gasteiger partial charge in [0.05, 0.1) is 24.7 Å². The molecule has 104 valence electrons. The summed E-state index contributed by atoms with van der Waals surface area (Å²) in [6.07, 6.45) is 10.5. The summed E-state index contributed by atoms with van der Waals surface area (Å²) in [6, 6.07) is 0. The van der Waals surface area contributed by atoms with Gasteiger partial charge in [-0.1, -0.05) is 35.4 Å². The summed E-state index contributed by atoms with van der Waals surface area (Å²) in [4.78, 5) is 15.4. The molecule has 0 amide bonds. The zero-order valence-electron chi connectivity index (χ0n) is 10.9. The van der Waals surface area contributed by atoms with Crippen molar-refractivity contribution < 1.29 is 4.74 Å². The van der Waals surface area contributed by atoms with E-state index in [1.807, 2.05) is 0 Å². The maximum Gasteiger partial charge on any atom is 0.230 e. The maximum atomic E-state index is 5.34. The highest BCUT2D eigenvalue weighted by atomic mass is 32.2. The fourth-order valence-electron chi connectivity index (χ4n) is 1.57. The fourth-order valence-corrected chi connectivity index (χ4v) is 2.65. The van der Waals surface area contributed by atoms with Crippen LogP contribution in [0.4, 0.5) is 5.95 Å². The van der Waals surface area contributed by atoms with E-state index >= 15 is 0 Å². The van der Waals surface area contributed by atoms with Gasteiger partial charge in [-0.2, -0.15) is 15.0 Å². The first-order valence-corrected chi connectivity index (χ1v) is 8.02. The molecule has 0 aliphatic carbocycles. The van der Waals surface area contributed by atoms with Crippen molar-refractivity contribution in [2.75, 3.05) is 42.7 Å². The Labute approximate surface area is 127 Å². The van der Waals surface area contributed by atoms with Gasteiger partial charge in [0.2, 0.25) is 5.95 Å². The predicted octanol–water partition coefficient (Wildman–Crippen LogP) is 1.16. The quantitative estimate of drug-likeness (QED) is 0.597. The molecule has 1 aliphatic heterocycles. The minimum Gasteiger partial charge on any atom is -0.378 e. The highest BCUT2D eigenvalue weighted by Crippen LogP contribution is 2.21. The number of morpholine rings is 1. The maximum absolute atomic E-state index is 5.34. The molecule has 0 N–H and O–H groups in total. The van der Waals surface area contributed by atoms with E-state index in [-0.39, 0.29) is 0 Å². The molecule has 1 aliphatic rings. The lowest BCUT2D eigenvalue weighted by Crippen LogP contribution is -2.37. The van der Waals surface area contributed by atoms with E-state index in [0.717, 1.165) is 13.1 Å². The molecule has 7 heteroatoms. The van der Waals surface area contributed by atoms with Crippen LogP contribution in [0, 0.1) is 24.7 Å². The van der Waals surface area contributed by atoms with Crippen molar-refractivity contribution in [2.45, 2.75) is 10.3 Å². The van der Waals surface area contributed by atoms with E-state index in [2.05, 4.69) is 31.7 Å². The lowest BCUT2D eigenvalue weighted by molar-refractivity contribution is 0.122. The summed E-state index contributed by atoms with van der Waals surface area (Å²) in [7, 11) is 0. The highest BCUT2D eigenvalue weighted by Gasteiger charge is 2.16. The van der Waals surface area contributed by atoms with Crippen LogP contribution in [0.15, 0.2) is 10.3 Å². The number of ether oxygens (including phenoxy) is 1. The molecular weight excluding hydrogens is 292 g/mol. The summed E-state index contributed by atoms with van der Waals surface area (Å²) in [5, 5.41) is 1.28. The lowest BCUT2D eigenvalue weighted by atomic mass is 10.4. The summed E-state index contributed by atoms with van der Waals surface area (Å²) in [6.45, 7) is 2.93. The second-order valence-corrected chi connectivity index (χ2v) is 5.67. The fraction of sp³-hybridized carbons (Fsp3) is 0.462. The summed E-state index contributed by atoms with van der Waals surface area (Å²) in [5.41, 5.74) is 0. The SMILES string of the molecule is C#CCSc1nc(SCC#C)nc(N2CCOCC2)n1. The van der Waals surface area contributed by atoms with Crippen molar-refractivity contribution >= 4 is 29.5 Å². The Bertz CT molecular complexity index is 496. The van der Waals surface area contributed by atoms with E-state index in [1.165, 1.54) is 23.5 Å². The van der Waals surface area contributed by atoms with Gasteiger partial charge in [0.25, 0.3) is 0 Å². The summed E-state index contributed by atoms with van der Waals surface area (Å²) in [5.74, 6) is 6.87. The minimum absolute atomic E-state index is 0.534. The number of nitrogens with zero attached hydrogens (tertiary/aromatic N) is 4. The Morgan fingerprint density at radius 3 is 2.05 bits per heavy atom. The minimum atomic E-state index is 0.534. The van der Waals surface area contributed by atoms with Crippen LogP contribution < -0.4 is 4.90 Å². The monoisotopic (exact) mass is 306 g/mol. The zero-order chi connectivity index (χ0) is 14.2. The highest BCUT2D eigenvalue weighted by molar-refractivity contribution is 8.00. The Balaban J connectivity index is 2.19. The van der Waals surface area contributed by atoms with Crippen LogP contribution in [0.25, 0.3) is 0 Å². The van der Waals surface area contributed by atoms with E-state index in [1.54, 1.807) is 0 Å². The molecule has 20 heavy (non-hydrogen) atoms. The van der Waals surface area contributed by atoms with Crippen molar-refractivity contribution in [1.82, 2.24) is 15.0 Å². The van der Waals surface area contributed by atoms with Crippen molar-refractivity contribution in [2.24, 2.45) is 0 Å². The Morgan fingerprint density at radius 2 is 1.55 bits per heavy atom. The first kappa shape index (κ1) is 15.0. The number of aromatic nitrogens is 3. The van der Waals surface area contributed by atoms with Gasteiger partial charge in [0.15, 0.2) is 10.3 Å². The molecule has 0 bridgehead atoms. The predicted molar refractivity (Wildman–Crippen MR) is 82.0 cm³/mol. The third-order valence-electron chi connectivity index (χ3n) is 2.45. The Kier molecular flexibility index (Phi) is 6.00. The molecule has 0 aromatic carbocycles. The van der Waals surface area contributed by atoms with E-state index in [9.17, 15) is 0 Å². The van der Waals surface area contributed by atoms with Crippen molar-refractivity contribution in [3.05, 3.63) is 0 Å². The molecule has 5 nitrogen and oxygen atoms in total. The standard InChI is InChI=1S/C13H14N4OS2/c1-3-9-19-12-14-11(17-5-7-18-8-6-17)15-13(16-12)20-10-4-2/h1-2H,5-10H2. The van der Waals surface area contributed by atoms with Crippen LogP contribution in [-0.4, -0.2) is 52.8 Å². The summed E-state index contributed by atoms with van der Waals surface area (Å²) < 4.78 is 5.34. The van der Waals surface area contributed by atoms with Gasteiger partial charge in [-0.15, -0.1) is 12.8 Å². The topological polar surface area (TPSA) is 51.1 Å². The van der Waals surface area contributed by atoms with Crippen molar-refractivity contribution in [3.63, 3.8) is 0 Å². The third kappa shape index (κ3) is 4.31. The van der Waals surface area contributed by atoms with Gasteiger partial charge in [-0.25, -0.2) is 0 Å². The number of rotatable bonds is 5. The molecule has 0 atom stereocenters. The second kappa shape index (κ2) is 8.01. The van der Waals surface area contributed by atoms with Gasteiger partial charge in [0, 0.05) is 13.1 Å². The average Bonchev–Trinajstić information content (AvgIpc) is 2.51. The number of hydrogen-bond donors (Lipinski definition) is 0. The van der Waals surface area contributed by atoms with Crippen LogP contribution in [0.5, 0.6) is 0 Å². The normalized spacial score (nSPS) is 14.6. The molecule has 0 radical (unpaired) electrons. The molecule has 1 fully saturated rings.